The molecule has 0 bridgehead atoms. The molecule has 0 unspecified atom stereocenters. The van der Waals surface area contributed by atoms with Gasteiger partial charge in [0, 0.05) is 18.2 Å². The van der Waals surface area contributed by atoms with E-state index in [4.69, 9.17) is 21.1 Å². The van der Waals surface area contributed by atoms with Gasteiger partial charge in [-0.3, -0.25) is 4.79 Å². The number of carbonyl (C=O) groups is 1. The molecule has 0 aliphatic carbocycles. The molecule has 0 atom stereocenters. The minimum atomic E-state index is -0.263. The van der Waals surface area contributed by atoms with Gasteiger partial charge in [0.25, 0.3) is 0 Å². The first-order chi connectivity index (χ1) is 9.12. The molecule has 0 radical (unpaired) electrons. The zero-order valence-electron chi connectivity index (χ0n) is 11.1. The summed E-state index contributed by atoms with van der Waals surface area (Å²) in [7, 11) is 3.01. The van der Waals surface area contributed by atoms with E-state index in [1.165, 1.54) is 20.3 Å². The lowest BCUT2D eigenvalue weighted by molar-refractivity contribution is -0.111. The Morgan fingerprint density at radius 2 is 1.89 bits per heavy atom. The minimum Gasteiger partial charge on any atom is -0.495 e. The van der Waals surface area contributed by atoms with Crippen molar-refractivity contribution >= 4 is 23.2 Å². The van der Waals surface area contributed by atoms with Crippen LogP contribution in [0.4, 0.5) is 5.69 Å². The predicted octanol–water partition coefficient (Wildman–Crippen LogP) is 3.43. The van der Waals surface area contributed by atoms with E-state index in [0.717, 1.165) is 0 Å². The highest BCUT2D eigenvalue weighted by Gasteiger charge is 2.11. The number of anilines is 1. The minimum absolute atomic E-state index is 0.263. The summed E-state index contributed by atoms with van der Waals surface area (Å²) in [5, 5.41) is 3.12. The molecule has 1 amide bonds. The van der Waals surface area contributed by atoms with Crippen LogP contribution < -0.4 is 14.8 Å². The van der Waals surface area contributed by atoms with Crippen LogP contribution in [0.15, 0.2) is 36.4 Å². The molecule has 0 saturated heterocycles. The van der Waals surface area contributed by atoms with Gasteiger partial charge in [-0.05, 0) is 6.92 Å². The van der Waals surface area contributed by atoms with Crippen LogP contribution >= 0.6 is 11.6 Å². The zero-order chi connectivity index (χ0) is 14.3. The van der Waals surface area contributed by atoms with Gasteiger partial charge in [-0.2, -0.15) is 0 Å². The first-order valence-corrected chi connectivity index (χ1v) is 6.02. The maximum absolute atomic E-state index is 11.7. The summed E-state index contributed by atoms with van der Waals surface area (Å²) >= 11 is 5.98. The fourth-order valence-electron chi connectivity index (χ4n) is 1.39. The molecule has 102 valence electrons. The Hall–Kier alpha value is -1.94. The first kappa shape index (κ1) is 15.1. The second-order valence-corrected chi connectivity index (χ2v) is 3.97. The number of rotatable bonds is 5. The third-order valence-corrected chi connectivity index (χ3v) is 2.58. The Balaban J connectivity index is 2.96. The molecule has 0 fully saturated rings. The fourth-order valence-corrected chi connectivity index (χ4v) is 1.62. The Morgan fingerprint density at radius 1 is 1.21 bits per heavy atom. The number of hydrogen-bond acceptors (Lipinski definition) is 3. The van der Waals surface area contributed by atoms with Crippen LogP contribution in [0, 0.1) is 0 Å². The Kier molecular flexibility index (Phi) is 5.96. The van der Waals surface area contributed by atoms with Gasteiger partial charge in [0.05, 0.1) is 24.9 Å². The van der Waals surface area contributed by atoms with E-state index < -0.39 is 0 Å². The number of amides is 1. The van der Waals surface area contributed by atoms with Crippen molar-refractivity contribution in [3.63, 3.8) is 0 Å². The van der Waals surface area contributed by atoms with Crippen LogP contribution in [0.1, 0.15) is 6.92 Å². The summed E-state index contributed by atoms with van der Waals surface area (Å²) < 4.78 is 10.3. The molecule has 1 aromatic rings. The molecule has 1 N–H and O–H groups in total. The number of carbonyl (C=O) groups excluding carboxylic acids is 1. The van der Waals surface area contributed by atoms with Crippen molar-refractivity contribution in [2.75, 3.05) is 19.5 Å². The molecule has 1 rings (SSSR count). The van der Waals surface area contributed by atoms with Crippen molar-refractivity contribution in [2.24, 2.45) is 0 Å². The molecule has 0 aliphatic heterocycles. The zero-order valence-corrected chi connectivity index (χ0v) is 11.8. The highest BCUT2D eigenvalue weighted by atomic mass is 35.5. The SMILES string of the molecule is C/C=C/C=C/C(=O)Nc1cc(OC)c(Cl)cc1OC. The number of allylic oxidation sites excluding steroid dienone is 3. The number of benzene rings is 1. The second-order valence-electron chi connectivity index (χ2n) is 3.56. The second kappa shape index (κ2) is 7.48. The Bertz CT molecular complexity index is 510. The van der Waals surface area contributed by atoms with E-state index in [9.17, 15) is 4.79 Å². The van der Waals surface area contributed by atoms with E-state index in [-0.39, 0.29) is 5.91 Å². The maximum atomic E-state index is 11.7. The van der Waals surface area contributed by atoms with Crippen molar-refractivity contribution in [1.82, 2.24) is 0 Å². The van der Waals surface area contributed by atoms with Crippen molar-refractivity contribution in [3.05, 3.63) is 41.5 Å². The summed E-state index contributed by atoms with van der Waals surface area (Å²) in [6, 6.07) is 3.20. The van der Waals surface area contributed by atoms with Crippen LogP contribution in [-0.2, 0) is 4.79 Å². The maximum Gasteiger partial charge on any atom is 0.248 e. The van der Waals surface area contributed by atoms with Gasteiger partial charge in [-0.15, -0.1) is 0 Å². The molecule has 5 heteroatoms. The van der Waals surface area contributed by atoms with Crippen LogP contribution in [0.25, 0.3) is 0 Å². The highest BCUT2D eigenvalue weighted by molar-refractivity contribution is 6.32. The monoisotopic (exact) mass is 281 g/mol. The summed E-state index contributed by atoms with van der Waals surface area (Å²) in [5.41, 5.74) is 0.499. The first-order valence-electron chi connectivity index (χ1n) is 5.64. The molecule has 4 nitrogen and oxygen atoms in total. The normalized spacial score (nSPS) is 10.9. The lowest BCUT2D eigenvalue weighted by Crippen LogP contribution is -2.09. The molecule has 0 aliphatic rings. The van der Waals surface area contributed by atoms with Crippen molar-refractivity contribution < 1.29 is 14.3 Å². The molecular formula is C14H16ClNO3. The highest BCUT2D eigenvalue weighted by Crippen LogP contribution is 2.35. The standard InChI is InChI=1S/C14H16ClNO3/c1-4-5-6-7-14(17)16-11-9-12(18-2)10(15)8-13(11)19-3/h4-9H,1-3H3,(H,16,17)/b5-4+,7-6+. The molecule has 19 heavy (non-hydrogen) atoms. The molecule has 0 aromatic heterocycles. The van der Waals surface area contributed by atoms with Gasteiger partial charge in [-0.1, -0.05) is 29.8 Å². The number of ether oxygens (including phenoxy) is 2. The van der Waals surface area contributed by atoms with Crippen molar-refractivity contribution in [2.45, 2.75) is 6.92 Å². The lowest BCUT2D eigenvalue weighted by atomic mass is 10.2. The molecular weight excluding hydrogens is 266 g/mol. The fraction of sp³-hybridized carbons (Fsp3) is 0.214. The van der Waals surface area contributed by atoms with Gasteiger partial charge in [-0.25, -0.2) is 0 Å². The average molecular weight is 282 g/mol. The summed E-state index contributed by atoms with van der Waals surface area (Å²) in [5.74, 6) is 0.676. The van der Waals surface area contributed by atoms with Crippen molar-refractivity contribution in [3.8, 4) is 11.5 Å². The van der Waals surface area contributed by atoms with Crippen LogP contribution in [0.5, 0.6) is 11.5 Å². The van der Waals surface area contributed by atoms with Gasteiger partial charge in [0.15, 0.2) is 0 Å². The number of methoxy groups -OCH3 is 2. The van der Waals surface area contributed by atoms with E-state index in [1.54, 1.807) is 24.3 Å². The smallest absolute Gasteiger partial charge is 0.248 e. The van der Waals surface area contributed by atoms with Crippen molar-refractivity contribution in [1.29, 1.82) is 0 Å². The number of nitrogens with one attached hydrogen (secondary N) is 1. The topological polar surface area (TPSA) is 47.6 Å². The van der Waals surface area contributed by atoms with E-state index in [2.05, 4.69) is 5.32 Å². The molecule has 0 saturated carbocycles. The molecule has 1 aromatic carbocycles. The van der Waals surface area contributed by atoms with Crippen LogP contribution in [0.3, 0.4) is 0 Å². The van der Waals surface area contributed by atoms with Gasteiger partial charge < -0.3 is 14.8 Å². The number of hydrogen-bond donors (Lipinski definition) is 1. The summed E-state index contributed by atoms with van der Waals surface area (Å²) in [4.78, 5) is 11.7. The Morgan fingerprint density at radius 3 is 2.47 bits per heavy atom. The van der Waals surface area contributed by atoms with E-state index in [0.29, 0.717) is 22.2 Å². The predicted molar refractivity (Wildman–Crippen MR) is 77.1 cm³/mol. The van der Waals surface area contributed by atoms with E-state index in [1.807, 2.05) is 13.0 Å². The number of halogens is 1. The van der Waals surface area contributed by atoms with Gasteiger partial charge in [0.2, 0.25) is 5.91 Å². The largest absolute Gasteiger partial charge is 0.495 e. The Labute approximate surface area is 117 Å². The summed E-state index contributed by atoms with van der Waals surface area (Å²) in [6.07, 6.45) is 6.66. The quantitative estimate of drug-likeness (QED) is 0.664. The third-order valence-electron chi connectivity index (χ3n) is 2.28. The molecule has 0 spiro atoms. The van der Waals surface area contributed by atoms with Crippen LogP contribution in [0.2, 0.25) is 5.02 Å². The lowest BCUT2D eigenvalue weighted by Gasteiger charge is -2.12. The molecule has 0 heterocycles. The van der Waals surface area contributed by atoms with E-state index >= 15 is 0 Å². The van der Waals surface area contributed by atoms with Gasteiger partial charge in [0.1, 0.15) is 11.5 Å². The average Bonchev–Trinajstić information content (AvgIpc) is 2.40. The van der Waals surface area contributed by atoms with Crippen LogP contribution in [-0.4, -0.2) is 20.1 Å². The third kappa shape index (κ3) is 4.34. The summed E-state index contributed by atoms with van der Waals surface area (Å²) in [6.45, 7) is 1.87. The van der Waals surface area contributed by atoms with Gasteiger partial charge >= 0.3 is 0 Å².